The van der Waals surface area contributed by atoms with Crippen LogP contribution in [-0.4, -0.2) is 17.0 Å². The quantitative estimate of drug-likeness (QED) is 0.522. The summed E-state index contributed by atoms with van der Waals surface area (Å²) in [4.78, 5) is 21.9. The van der Waals surface area contributed by atoms with Crippen LogP contribution in [0.2, 0.25) is 5.02 Å². The molecular formula is C15H12ClN3O3. The molecule has 0 aliphatic heterocycles. The molecule has 0 heterocycles. The predicted molar refractivity (Wildman–Crippen MR) is 84.0 cm³/mol. The Balaban J connectivity index is 1.99. The Morgan fingerprint density at radius 2 is 2.00 bits per heavy atom. The minimum Gasteiger partial charge on any atom is -0.273 e. The molecule has 0 aromatic heterocycles. The Bertz CT molecular complexity index is 717. The summed E-state index contributed by atoms with van der Waals surface area (Å²) >= 11 is 5.92. The fourth-order valence-electron chi connectivity index (χ4n) is 1.74. The molecule has 6 nitrogen and oxygen atoms in total. The van der Waals surface area contributed by atoms with Gasteiger partial charge >= 0.3 is 0 Å². The first-order valence-corrected chi connectivity index (χ1v) is 6.74. The molecule has 0 radical (unpaired) electrons. The van der Waals surface area contributed by atoms with E-state index >= 15 is 0 Å². The lowest BCUT2D eigenvalue weighted by atomic mass is 10.1. The topological polar surface area (TPSA) is 84.6 Å². The number of hydrogen-bond donors (Lipinski definition) is 1. The van der Waals surface area contributed by atoms with E-state index in [9.17, 15) is 14.9 Å². The van der Waals surface area contributed by atoms with Crippen molar-refractivity contribution in [1.82, 2.24) is 5.43 Å². The number of carbonyl (C=O) groups is 1. The highest BCUT2D eigenvalue weighted by Crippen LogP contribution is 2.20. The smallest absolute Gasteiger partial charge is 0.270 e. The Morgan fingerprint density at radius 1 is 1.27 bits per heavy atom. The molecule has 22 heavy (non-hydrogen) atoms. The second kappa shape index (κ2) is 7.33. The van der Waals surface area contributed by atoms with Crippen LogP contribution >= 0.6 is 11.6 Å². The largest absolute Gasteiger partial charge is 0.273 e. The molecule has 112 valence electrons. The van der Waals surface area contributed by atoms with Crippen molar-refractivity contribution in [1.29, 1.82) is 0 Å². The number of nitrogens with zero attached hydrogens (tertiary/aromatic N) is 2. The van der Waals surface area contributed by atoms with E-state index in [2.05, 4.69) is 10.5 Å². The molecule has 7 heteroatoms. The molecule has 0 bridgehead atoms. The number of carbonyl (C=O) groups excluding carboxylic acids is 1. The van der Waals surface area contributed by atoms with Gasteiger partial charge in [0, 0.05) is 22.7 Å². The van der Waals surface area contributed by atoms with Gasteiger partial charge in [0.1, 0.15) is 0 Å². The van der Waals surface area contributed by atoms with Crippen molar-refractivity contribution >= 4 is 29.4 Å². The minimum absolute atomic E-state index is 0.0959. The van der Waals surface area contributed by atoms with Crippen LogP contribution in [0.4, 0.5) is 5.69 Å². The summed E-state index contributed by atoms with van der Waals surface area (Å²) in [7, 11) is 0. The molecule has 0 aliphatic rings. The van der Waals surface area contributed by atoms with Gasteiger partial charge in [0.25, 0.3) is 5.69 Å². The van der Waals surface area contributed by atoms with E-state index in [0.29, 0.717) is 10.6 Å². The van der Waals surface area contributed by atoms with Crippen LogP contribution in [-0.2, 0) is 11.2 Å². The van der Waals surface area contributed by atoms with Gasteiger partial charge in [-0.3, -0.25) is 14.9 Å². The number of non-ortho nitro benzene ring substituents is 1. The van der Waals surface area contributed by atoms with E-state index in [4.69, 9.17) is 11.6 Å². The summed E-state index contributed by atoms with van der Waals surface area (Å²) in [5.74, 6) is -0.288. The molecule has 0 saturated heterocycles. The summed E-state index contributed by atoms with van der Waals surface area (Å²) < 4.78 is 0. The van der Waals surface area contributed by atoms with Gasteiger partial charge in [0.15, 0.2) is 0 Å². The SMILES string of the molecule is O=C(Cc1ccccc1)NN=Cc1cc([N+](=O)[O-])ccc1Cl. The van der Waals surface area contributed by atoms with Crippen molar-refractivity contribution in [3.63, 3.8) is 0 Å². The van der Waals surface area contributed by atoms with E-state index in [0.717, 1.165) is 5.56 Å². The Kier molecular flexibility index (Phi) is 5.21. The summed E-state index contributed by atoms with van der Waals surface area (Å²) in [6, 6.07) is 13.2. The Morgan fingerprint density at radius 3 is 2.68 bits per heavy atom. The van der Waals surface area contributed by atoms with Crippen LogP contribution in [0.25, 0.3) is 0 Å². The summed E-state index contributed by atoms with van der Waals surface area (Å²) in [6.45, 7) is 0. The number of nitro groups is 1. The summed E-state index contributed by atoms with van der Waals surface area (Å²) in [5, 5.41) is 14.8. The van der Waals surface area contributed by atoms with E-state index in [1.165, 1.54) is 24.4 Å². The van der Waals surface area contributed by atoms with Crippen molar-refractivity contribution in [3.05, 3.63) is 74.8 Å². The zero-order valence-electron chi connectivity index (χ0n) is 11.4. The van der Waals surface area contributed by atoms with Crippen molar-refractivity contribution in [2.45, 2.75) is 6.42 Å². The third kappa shape index (κ3) is 4.39. The maximum absolute atomic E-state index is 11.7. The van der Waals surface area contributed by atoms with Gasteiger partial charge in [-0.25, -0.2) is 5.43 Å². The number of rotatable bonds is 5. The average molecular weight is 318 g/mol. The molecular weight excluding hydrogens is 306 g/mol. The van der Waals surface area contributed by atoms with Gasteiger partial charge in [0.05, 0.1) is 17.6 Å². The van der Waals surface area contributed by atoms with Crippen LogP contribution in [0.5, 0.6) is 0 Å². The first-order chi connectivity index (χ1) is 10.6. The lowest BCUT2D eigenvalue weighted by Crippen LogP contribution is -2.19. The van der Waals surface area contributed by atoms with Crippen LogP contribution in [0.1, 0.15) is 11.1 Å². The number of nitrogens with one attached hydrogen (secondary N) is 1. The molecule has 0 fully saturated rings. The monoisotopic (exact) mass is 317 g/mol. The van der Waals surface area contributed by atoms with Crippen LogP contribution in [0, 0.1) is 10.1 Å². The number of benzene rings is 2. The highest BCUT2D eigenvalue weighted by atomic mass is 35.5. The third-order valence-corrected chi connectivity index (χ3v) is 3.13. The molecule has 1 N–H and O–H groups in total. The molecule has 0 unspecified atom stereocenters. The van der Waals surface area contributed by atoms with E-state index in [1.807, 2.05) is 30.3 Å². The summed E-state index contributed by atoms with van der Waals surface area (Å²) in [6.07, 6.45) is 1.47. The van der Waals surface area contributed by atoms with Crippen molar-refractivity contribution in [2.24, 2.45) is 5.10 Å². The lowest BCUT2D eigenvalue weighted by Gasteiger charge is -2.01. The van der Waals surface area contributed by atoms with E-state index in [1.54, 1.807) is 0 Å². The predicted octanol–water partition coefficient (Wildman–Crippen LogP) is 2.94. The molecule has 2 aromatic rings. The average Bonchev–Trinajstić information content (AvgIpc) is 2.50. The van der Waals surface area contributed by atoms with Gasteiger partial charge in [-0.15, -0.1) is 0 Å². The standard InChI is InChI=1S/C15H12ClN3O3/c16-14-7-6-13(19(21)22)9-12(14)10-17-18-15(20)8-11-4-2-1-3-5-11/h1-7,9-10H,8H2,(H,18,20). The lowest BCUT2D eigenvalue weighted by molar-refractivity contribution is -0.384. The normalized spacial score (nSPS) is 10.6. The molecule has 0 atom stereocenters. The van der Waals surface area contributed by atoms with Gasteiger partial charge in [-0.05, 0) is 11.6 Å². The van der Waals surface area contributed by atoms with Crippen LogP contribution in [0.15, 0.2) is 53.6 Å². The minimum atomic E-state index is -0.526. The molecule has 0 spiro atoms. The van der Waals surface area contributed by atoms with Crippen molar-refractivity contribution in [2.75, 3.05) is 0 Å². The van der Waals surface area contributed by atoms with E-state index in [-0.39, 0.29) is 18.0 Å². The highest BCUT2D eigenvalue weighted by molar-refractivity contribution is 6.33. The van der Waals surface area contributed by atoms with Gasteiger partial charge in [-0.2, -0.15) is 5.10 Å². The number of hydrazone groups is 1. The number of halogens is 1. The van der Waals surface area contributed by atoms with E-state index < -0.39 is 4.92 Å². The fourth-order valence-corrected chi connectivity index (χ4v) is 1.90. The molecule has 2 aromatic carbocycles. The van der Waals surface area contributed by atoms with Gasteiger partial charge in [0.2, 0.25) is 5.91 Å². The van der Waals surface area contributed by atoms with Crippen molar-refractivity contribution in [3.8, 4) is 0 Å². The number of nitro benzene ring substituents is 1. The van der Waals surface area contributed by atoms with Crippen LogP contribution < -0.4 is 5.43 Å². The maximum Gasteiger partial charge on any atom is 0.270 e. The first-order valence-electron chi connectivity index (χ1n) is 6.36. The van der Waals surface area contributed by atoms with Gasteiger partial charge < -0.3 is 0 Å². The van der Waals surface area contributed by atoms with Crippen LogP contribution in [0.3, 0.4) is 0 Å². The molecule has 2 rings (SSSR count). The summed E-state index contributed by atoms with van der Waals surface area (Å²) in [5.41, 5.74) is 3.48. The Hall–Kier alpha value is -2.73. The zero-order chi connectivity index (χ0) is 15.9. The second-order valence-electron chi connectivity index (χ2n) is 4.42. The molecule has 0 saturated carbocycles. The molecule has 0 aliphatic carbocycles. The zero-order valence-corrected chi connectivity index (χ0v) is 12.2. The van der Waals surface area contributed by atoms with Crippen molar-refractivity contribution < 1.29 is 9.72 Å². The maximum atomic E-state index is 11.7. The van der Waals surface area contributed by atoms with Gasteiger partial charge in [-0.1, -0.05) is 41.9 Å². The number of hydrogen-bond acceptors (Lipinski definition) is 4. The molecule has 1 amide bonds. The first kappa shape index (κ1) is 15.7. The second-order valence-corrected chi connectivity index (χ2v) is 4.83. The third-order valence-electron chi connectivity index (χ3n) is 2.79. The Labute approximate surface area is 131 Å². The number of amides is 1. The highest BCUT2D eigenvalue weighted by Gasteiger charge is 2.08. The fraction of sp³-hybridized carbons (Fsp3) is 0.0667.